The maximum atomic E-state index is 12.5. The van der Waals surface area contributed by atoms with Crippen LogP contribution in [0.3, 0.4) is 0 Å². The van der Waals surface area contributed by atoms with E-state index in [1.165, 1.54) is 31.2 Å². The number of hydrogen-bond donors (Lipinski definition) is 2. The third-order valence-corrected chi connectivity index (χ3v) is 9.37. The fourth-order valence-electron chi connectivity index (χ4n) is 6.81. The van der Waals surface area contributed by atoms with Crippen LogP contribution in [0.1, 0.15) is 97.6 Å². The molecule has 7 heteroatoms. The molecule has 2 saturated heterocycles. The van der Waals surface area contributed by atoms with E-state index in [9.17, 15) is 4.79 Å². The molecule has 7 nitrogen and oxygen atoms in total. The molecule has 1 amide bonds. The molecule has 40 heavy (non-hydrogen) atoms. The van der Waals surface area contributed by atoms with Gasteiger partial charge in [-0.3, -0.25) is 4.90 Å². The molecule has 3 fully saturated rings. The van der Waals surface area contributed by atoms with Gasteiger partial charge in [0.2, 0.25) is 0 Å². The Morgan fingerprint density at radius 3 is 2.25 bits per heavy atom. The van der Waals surface area contributed by atoms with E-state index in [-0.39, 0.29) is 11.6 Å². The lowest BCUT2D eigenvalue weighted by atomic mass is 9.85. The molecule has 0 radical (unpaired) electrons. The van der Waals surface area contributed by atoms with Crippen molar-refractivity contribution in [2.45, 2.75) is 115 Å². The van der Waals surface area contributed by atoms with Crippen molar-refractivity contribution in [3.63, 3.8) is 0 Å². The van der Waals surface area contributed by atoms with Crippen molar-refractivity contribution in [2.24, 2.45) is 5.92 Å². The summed E-state index contributed by atoms with van der Waals surface area (Å²) in [7, 11) is 0. The van der Waals surface area contributed by atoms with Crippen molar-refractivity contribution >= 4 is 6.09 Å². The molecule has 2 aliphatic heterocycles. The predicted molar refractivity (Wildman–Crippen MR) is 163 cm³/mol. The number of piperidine rings is 2. The minimum absolute atomic E-state index is 0.158. The molecule has 1 saturated carbocycles. The van der Waals surface area contributed by atoms with Gasteiger partial charge in [0.15, 0.2) is 0 Å². The summed E-state index contributed by atoms with van der Waals surface area (Å²) in [5.41, 5.74) is 1.09. The summed E-state index contributed by atoms with van der Waals surface area (Å²) in [6.45, 7) is 17.0. The third kappa shape index (κ3) is 9.17. The number of carbonyl (C=O) groups is 1. The molecule has 1 aliphatic carbocycles. The zero-order valence-corrected chi connectivity index (χ0v) is 25.9. The van der Waals surface area contributed by atoms with Crippen LogP contribution in [0.2, 0.25) is 0 Å². The zero-order chi connectivity index (χ0) is 28.6. The number of likely N-dealkylation sites (tertiary alicyclic amines) is 2. The summed E-state index contributed by atoms with van der Waals surface area (Å²) in [4.78, 5) is 17.1. The molecule has 226 valence electrons. The molecular formula is C33H56N4O3. The first-order valence-corrected chi connectivity index (χ1v) is 16.0. The predicted octanol–water partition coefficient (Wildman–Crippen LogP) is 5.76. The first-order chi connectivity index (χ1) is 19.1. The Hall–Kier alpha value is -1.67. The Morgan fingerprint density at radius 2 is 1.65 bits per heavy atom. The van der Waals surface area contributed by atoms with E-state index < -0.39 is 5.60 Å². The van der Waals surface area contributed by atoms with Gasteiger partial charge in [-0.05, 0) is 104 Å². The Balaban J connectivity index is 1.23. The van der Waals surface area contributed by atoms with Crippen LogP contribution >= 0.6 is 0 Å². The van der Waals surface area contributed by atoms with Gasteiger partial charge in [0, 0.05) is 57.0 Å². The Labute approximate surface area is 243 Å². The van der Waals surface area contributed by atoms with E-state index in [1.807, 2.05) is 25.7 Å². The van der Waals surface area contributed by atoms with Crippen LogP contribution in [0, 0.1) is 5.92 Å². The average molecular weight is 557 g/mol. The highest BCUT2D eigenvalue weighted by Gasteiger charge is 2.39. The minimum atomic E-state index is -0.441. The average Bonchev–Trinajstić information content (AvgIpc) is 2.94. The Morgan fingerprint density at radius 1 is 1.00 bits per heavy atom. The number of nitrogens with one attached hydrogen (secondary N) is 2. The molecule has 1 atom stereocenters. The number of hydrogen-bond acceptors (Lipinski definition) is 6. The topological polar surface area (TPSA) is 66.1 Å². The van der Waals surface area contributed by atoms with Gasteiger partial charge in [-0.2, -0.15) is 0 Å². The molecule has 4 rings (SSSR count). The van der Waals surface area contributed by atoms with E-state index in [2.05, 4.69) is 59.7 Å². The van der Waals surface area contributed by atoms with Crippen molar-refractivity contribution in [2.75, 3.05) is 45.9 Å². The number of nitrogens with zero attached hydrogens (tertiary/aromatic N) is 2. The summed E-state index contributed by atoms with van der Waals surface area (Å²) < 4.78 is 11.5. The smallest absolute Gasteiger partial charge is 0.410 e. The number of ether oxygens (including phenoxy) is 2. The molecule has 2 heterocycles. The monoisotopic (exact) mass is 556 g/mol. The van der Waals surface area contributed by atoms with Gasteiger partial charge in [-0.1, -0.05) is 30.3 Å². The van der Waals surface area contributed by atoms with Crippen LogP contribution in [0.25, 0.3) is 0 Å². The van der Waals surface area contributed by atoms with Gasteiger partial charge >= 0.3 is 6.09 Å². The summed E-state index contributed by atoms with van der Waals surface area (Å²) in [5, 5.41) is 7.86. The van der Waals surface area contributed by atoms with Crippen LogP contribution in [0.4, 0.5) is 4.79 Å². The first-order valence-electron chi connectivity index (χ1n) is 16.0. The highest BCUT2D eigenvalue weighted by atomic mass is 16.6. The fraction of sp³-hybridized carbons (Fsp3) is 0.788. The van der Waals surface area contributed by atoms with Gasteiger partial charge in [0.1, 0.15) is 5.60 Å². The second-order valence-corrected chi connectivity index (χ2v) is 13.6. The number of rotatable bonds is 10. The number of carbonyl (C=O) groups excluding carboxylic acids is 1. The van der Waals surface area contributed by atoms with Crippen molar-refractivity contribution in [3.05, 3.63) is 35.9 Å². The fourth-order valence-corrected chi connectivity index (χ4v) is 6.81. The second-order valence-electron chi connectivity index (χ2n) is 13.6. The lowest BCUT2D eigenvalue weighted by Crippen LogP contribution is -2.58. The van der Waals surface area contributed by atoms with Crippen LogP contribution in [-0.4, -0.2) is 85.1 Å². The summed E-state index contributed by atoms with van der Waals surface area (Å²) in [6.07, 6.45) is 9.60. The molecule has 0 spiro atoms. The van der Waals surface area contributed by atoms with E-state index in [0.717, 1.165) is 77.5 Å². The zero-order valence-electron chi connectivity index (χ0n) is 25.9. The van der Waals surface area contributed by atoms with E-state index in [0.29, 0.717) is 18.2 Å². The molecular weight excluding hydrogens is 500 g/mol. The molecule has 0 bridgehead atoms. The van der Waals surface area contributed by atoms with Gasteiger partial charge < -0.3 is 25.0 Å². The van der Waals surface area contributed by atoms with Crippen molar-refractivity contribution in [1.82, 2.24) is 20.4 Å². The molecule has 2 N–H and O–H groups in total. The summed E-state index contributed by atoms with van der Waals surface area (Å²) >= 11 is 0. The Kier molecular flexibility index (Phi) is 11.3. The van der Waals surface area contributed by atoms with Gasteiger partial charge in [0.25, 0.3) is 0 Å². The van der Waals surface area contributed by atoms with Gasteiger partial charge in [-0.25, -0.2) is 4.79 Å². The van der Waals surface area contributed by atoms with E-state index in [4.69, 9.17) is 9.47 Å². The lowest BCUT2D eigenvalue weighted by molar-refractivity contribution is -0.00892. The standard InChI is InChI=1S/C33H56N4O3/c1-6-39-29-14-12-26(13-15-29)24-34-25-30(27-10-8-7-9-11-27)35-28-16-20-37(21-17-28)33(5)18-22-36(23-19-33)31(38)40-32(2,3)4/h7-11,26,28-30,34-35H,6,12-25H2,1-5H3/t26-,29-,30-/m0/s1. The Bertz CT molecular complexity index is 881. The number of amides is 1. The van der Waals surface area contributed by atoms with Gasteiger partial charge in [-0.15, -0.1) is 0 Å². The molecule has 0 unspecified atom stereocenters. The van der Waals surface area contributed by atoms with Crippen molar-refractivity contribution in [1.29, 1.82) is 0 Å². The highest BCUT2D eigenvalue weighted by Crippen LogP contribution is 2.32. The largest absolute Gasteiger partial charge is 0.444 e. The SMILES string of the molecule is CCO[C@H]1CC[C@H](CNC[C@H](NC2CCN(C3(C)CCN(C(=O)OC(C)(C)C)CC3)CC2)c2ccccc2)CC1. The summed E-state index contributed by atoms with van der Waals surface area (Å²) in [6, 6.07) is 11.8. The second kappa shape index (κ2) is 14.5. The third-order valence-electron chi connectivity index (χ3n) is 9.37. The number of benzene rings is 1. The lowest BCUT2D eigenvalue weighted by Gasteiger charge is -2.49. The van der Waals surface area contributed by atoms with E-state index >= 15 is 0 Å². The normalized spacial score (nSPS) is 25.5. The van der Waals surface area contributed by atoms with Crippen LogP contribution in [0.5, 0.6) is 0 Å². The van der Waals surface area contributed by atoms with Gasteiger partial charge in [0.05, 0.1) is 6.10 Å². The highest BCUT2D eigenvalue weighted by molar-refractivity contribution is 5.68. The van der Waals surface area contributed by atoms with Crippen molar-refractivity contribution in [3.8, 4) is 0 Å². The van der Waals surface area contributed by atoms with Crippen LogP contribution < -0.4 is 10.6 Å². The molecule has 1 aromatic carbocycles. The maximum absolute atomic E-state index is 12.5. The minimum Gasteiger partial charge on any atom is -0.444 e. The van der Waals surface area contributed by atoms with Crippen molar-refractivity contribution < 1.29 is 14.3 Å². The maximum Gasteiger partial charge on any atom is 0.410 e. The summed E-state index contributed by atoms with van der Waals surface area (Å²) in [5.74, 6) is 0.763. The van der Waals surface area contributed by atoms with Crippen LogP contribution in [-0.2, 0) is 9.47 Å². The molecule has 0 aromatic heterocycles. The molecule has 3 aliphatic rings. The van der Waals surface area contributed by atoms with E-state index in [1.54, 1.807) is 0 Å². The molecule has 1 aromatic rings. The first kappa shape index (κ1) is 31.3. The van der Waals surface area contributed by atoms with Crippen LogP contribution in [0.15, 0.2) is 30.3 Å². The quantitative estimate of drug-likeness (QED) is 0.382.